The van der Waals surface area contributed by atoms with Crippen molar-refractivity contribution in [3.8, 4) is 0 Å². The predicted molar refractivity (Wildman–Crippen MR) is 47.3 cm³/mol. The van der Waals surface area contributed by atoms with Gasteiger partial charge in [-0.1, -0.05) is 12.1 Å². The average molecular weight is 200 g/mol. The number of nitrogens with two attached hydrogens (primary N) is 1. The molecule has 1 saturated heterocycles. The van der Waals surface area contributed by atoms with Gasteiger partial charge < -0.3 is 15.8 Å². The summed E-state index contributed by atoms with van der Waals surface area (Å²) >= 11 is 0. The molecule has 0 radical (unpaired) electrons. The highest BCUT2D eigenvalue weighted by molar-refractivity contribution is 6.04. The van der Waals surface area contributed by atoms with Crippen LogP contribution >= 0.6 is 0 Å². The highest BCUT2D eigenvalue weighted by Crippen LogP contribution is 2.08. The van der Waals surface area contributed by atoms with Crippen molar-refractivity contribution in [2.75, 3.05) is 6.54 Å². The van der Waals surface area contributed by atoms with Crippen LogP contribution in [0, 0.1) is 0 Å². The second-order valence-electron chi connectivity index (χ2n) is 2.92. The third-order valence-corrected chi connectivity index (χ3v) is 2.04. The molecule has 0 aromatic rings. The van der Waals surface area contributed by atoms with Crippen LogP contribution in [0.5, 0.6) is 0 Å². The van der Waals surface area contributed by atoms with Gasteiger partial charge in [0.05, 0.1) is 0 Å². The molecule has 7 nitrogen and oxygen atoms in total. The molecule has 78 valence electrons. The summed E-state index contributed by atoms with van der Waals surface area (Å²) in [6.07, 6.45) is 0.481. The molecule has 0 bridgehead atoms. The Morgan fingerprint density at radius 3 is 2.93 bits per heavy atom. The number of hydrogen-bond donors (Lipinski definition) is 3. The lowest BCUT2D eigenvalue weighted by molar-refractivity contribution is -0.137. The van der Waals surface area contributed by atoms with Crippen molar-refractivity contribution in [3.05, 3.63) is 0 Å². The maximum absolute atomic E-state index is 11.3. The Bertz CT molecular complexity index is 289. The van der Waals surface area contributed by atoms with Gasteiger partial charge in [-0.3, -0.25) is 14.9 Å². The maximum atomic E-state index is 11.3. The first-order valence-electron chi connectivity index (χ1n) is 4.18. The number of nitrogens with zero attached hydrogens (tertiary/aromatic N) is 2. The number of oxime groups is 1. The molecule has 0 saturated carbocycles. The van der Waals surface area contributed by atoms with Crippen molar-refractivity contribution in [2.45, 2.75) is 19.4 Å². The molecule has 1 atom stereocenters. The lowest BCUT2D eigenvalue weighted by atomic mass is 10.1. The summed E-state index contributed by atoms with van der Waals surface area (Å²) in [4.78, 5) is 23.6. The monoisotopic (exact) mass is 200 g/mol. The van der Waals surface area contributed by atoms with Crippen molar-refractivity contribution in [1.29, 1.82) is 0 Å². The minimum absolute atomic E-state index is 0.0693. The summed E-state index contributed by atoms with van der Waals surface area (Å²) in [6, 6.07) is -0.552. The lowest BCUT2D eigenvalue weighted by Gasteiger charge is -2.33. The predicted octanol–water partition coefficient (Wildman–Crippen LogP) is -1.57. The normalized spacial score (nSPS) is 23.6. The van der Waals surface area contributed by atoms with Crippen molar-refractivity contribution < 1.29 is 14.8 Å². The van der Waals surface area contributed by atoms with E-state index < -0.39 is 17.9 Å². The number of guanidine groups is 1. The first-order valence-corrected chi connectivity index (χ1v) is 4.18. The topological polar surface area (TPSA) is 108 Å². The molecule has 7 heteroatoms. The van der Waals surface area contributed by atoms with Gasteiger partial charge in [0.15, 0.2) is 0 Å². The van der Waals surface area contributed by atoms with Gasteiger partial charge in [0.25, 0.3) is 0 Å². The molecule has 0 aromatic carbocycles. The first kappa shape index (κ1) is 10.3. The molecule has 14 heavy (non-hydrogen) atoms. The molecule has 1 fully saturated rings. The molecule has 4 N–H and O–H groups in total. The van der Waals surface area contributed by atoms with E-state index in [1.807, 2.05) is 0 Å². The molecule has 0 aliphatic carbocycles. The molecule has 1 rings (SSSR count). The van der Waals surface area contributed by atoms with Gasteiger partial charge in [0.2, 0.25) is 17.8 Å². The Morgan fingerprint density at radius 2 is 2.43 bits per heavy atom. The molecule has 1 aliphatic heterocycles. The van der Waals surface area contributed by atoms with Crippen LogP contribution in [0.1, 0.15) is 13.3 Å². The molecule has 2 amide bonds. The van der Waals surface area contributed by atoms with E-state index in [0.717, 1.165) is 0 Å². The lowest BCUT2D eigenvalue weighted by Crippen LogP contribution is -2.61. The largest absolute Gasteiger partial charge is 0.408 e. The molecule has 0 spiro atoms. The Labute approximate surface area is 80.5 Å². The van der Waals surface area contributed by atoms with Crippen molar-refractivity contribution in [2.24, 2.45) is 10.9 Å². The minimum atomic E-state index is -0.552. The summed E-state index contributed by atoms with van der Waals surface area (Å²) < 4.78 is 0. The molecule has 1 unspecified atom stereocenters. The van der Waals surface area contributed by atoms with Crippen molar-refractivity contribution in [1.82, 2.24) is 10.2 Å². The Morgan fingerprint density at radius 1 is 1.79 bits per heavy atom. The van der Waals surface area contributed by atoms with Gasteiger partial charge in [-0.05, 0) is 6.42 Å². The van der Waals surface area contributed by atoms with Gasteiger partial charge in [0, 0.05) is 0 Å². The third-order valence-electron chi connectivity index (χ3n) is 2.04. The molecule has 0 aromatic heterocycles. The molecule has 1 aliphatic rings. The fourth-order valence-corrected chi connectivity index (χ4v) is 1.37. The van der Waals surface area contributed by atoms with Gasteiger partial charge in [-0.2, -0.15) is 0 Å². The van der Waals surface area contributed by atoms with Crippen molar-refractivity contribution >= 4 is 17.8 Å². The summed E-state index contributed by atoms with van der Waals surface area (Å²) in [7, 11) is 0. The van der Waals surface area contributed by atoms with E-state index in [1.54, 1.807) is 6.92 Å². The smallest absolute Gasteiger partial charge is 0.249 e. The zero-order chi connectivity index (χ0) is 10.7. The summed E-state index contributed by atoms with van der Waals surface area (Å²) in [5, 5.41) is 13.4. The van der Waals surface area contributed by atoms with Crippen LogP contribution < -0.4 is 11.1 Å². The van der Waals surface area contributed by atoms with E-state index in [1.165, 1.54) is 4.90 Å². The standard InChI is InChI=1S/C7H12N4O3/c1-2-4-6(13)9-5(12)3-11(4)7(8)10-14/h4,14H,2-3H2,1H3,(H2,8,10)(H,9,12,13). The van der Waals surface area contributed by atoms with Crippen LogP contribution in [0.4, 0.5) is 0 Å². The number of hydrogen-bond acceptors (Lipinski definition) is 4. The number of carbonyl (C=O) groups is 2. The Kier molecular flexibility index (Phi) is 2.90. The summed E-state index contributed by atoms with van der Waals surface area (Å²) in [5.74, 6) is -1.10. The van der Waals surface area contributed by atoms with Gasteiger partial charge in [0.1, 0.15) is 12.6 Å². The molecular formula is C7H12N4O3. The maximum Gasteiger partial charge on any atom is 0.249 e. The summed E-state index contributed by atoms with van der Waals surface area (Å²) in [5.41, 5.74) is 5.33. The number of nitrogens with one attached hydrogen (secondary N) is 1. The summed E-state index contributed by atoms with van der Waals surface area (Å²) in [6.45, 7) is 1.71. The van der Waals surface area contributed by atoms with E-state index in [2.05, 4.69) is 10.5 Å². The van der Waals surface area contributed by atoms with Crippen LogP contribution in [-0.2, 0) is 9.59 Å². The van der Waals surface area contributed by atoms with Crippen molar-refractivity contribution in [3.63, 3.8) is 0 Å². The highest BCUT2D eigenvalue weighted by atomic mass is 16.4. The van der Waals surface area contributed by atoms with E-state index in [9.17, 15) is 9.59 Å². The Hall–Kier alpha value is -1.79. The minimum Gasteiger partial charge on any atom is -0.408 e. The average Bonchev–Trinajstić information content (AvgIpc) is 2.15. The SMILES string of the molecule is CCC1C(=O)NC(=O)CN1C(N)=NO. The molecule has 1 heterocycles. The van der Waals surface area contributed by atoms with Gasteiger partial charge >= 0.3 is 0 Å². The second-order valence-corrected chi connectivity index (χ2v) is 2.92. The fraction of sp³-hybridized carbons (Fsp3) is 0.571. The zero-order valence-corrected chi connectivity index (χ0v) is 7.73. The third kappa shape index (κ3) is 1.76. The van der Waals surface area contributed by atoms with Gasteiger partial charge in [-0.15, -0.1) is 0 Å². The van der Waals surface area contributed by atoms with Gasteiger partial charge in [-0.25, -0.2) is 0 Å². The number of imide groups is 1. The van der Waals surface area contributed by atoms with E-state index in [4.69, 9.17) is 10.9 Å². The number of piperazine rings is 1. The fourth-order valence-electron chi connectivity index (χ4n) is 1.37. The van der Waals surface area contributed by atoms with Crippen LogP contribution in [0.2, 0.25) is 0 Å². The van der Waals surface area contributed by atoms with E-state index >= 15 is 0 Å². The first-order chi connectivity index (χ1) is 6.60. The number of amides is 2. The second kappa shape index (κ2) is 3.95. The number of rotatable bonds is 1. The molecular weight excluding hydrogens is 188 g/mol. The highest BCUT2D eigenvalue weighted by Gasteiger charge is 2.33. The quantitative estimate of drug-likeness (QED) is 0.156. The zero-order valence-electron chi connectivity index (χ0n) is 7.73. The van der Waals surface area contributed by atoms with E-state index in [0.29, 0.717) is 6.42 Å². The Balaban J connectivity index is 2.89. The van der Waals surface area contributed by atoms with Crippen LogP contribution in [0.15, 0.2) is 5.16 Å². The van der Waals surface area contributed by atoms with Crippen LogP contribution in [0.3, 0.4) is 0 Å². The van der Waals surface area contributed by atoms with Crippen LogP contribution in [-0.4, -0.2) is 40.5 Å². The number of carbonyl (C=O) groups excluding carboxylic acids is 2. The van der Waals surface area contributed by atoms with E-state index in [-0.39, 0.29) is 12.5 Å². The van der Waals surface area contributed by atoms with Crippen LogP contribution in [0.25, 0.3) is 0 Å².